The lowest BCUT2D eigenvalue weighted by molar-refractivity contribution is -0.139. The van der Waals surface area contributed by atoms with E-state index in [1.54, 1.807) is 37.3 Å². The molecular weight excluding hydrogens is 505 g/mol. The number of aryl methyl sites for hydroxylation is 2. The molecule has 0 heterocycles. The summed E-state index contributed by atoms with van der Waals surface area (Å²) in [6.07, 6.45) is 0.723. The van der Waals surface area contributed by atoms with Gasteiger partial charge < -0.3 is 10.2 Å². The quantitative estimate of drug-likeness (QED) is 0.387. The van der Waals surface area contributed by atoms with Gasteiger partial charge in [0.1, 0.15) is 18.4 Å². The second-order valence-corrected chi connectivity index (χ2v) is 11.1. The molecule has 202 valence electrons. The van der Waals surface area contributed by atoms with Gasteiger partial charge in [0.15, 0.2) is 0 Å². The van der Waals surface area contributed by atoms with Crippen molar-refractivity contribution in [1.29, 1.82) is 0 Å². The number of carbonyl (C=O) groups excluding carboxylic acids is 2. The molecule has 1 N–H and O–H groups in total. The number of hydrogen-bond donors (Lipinski definition) is 1. The molecule has 9 heteroatoms. The van der Waals surface area contributed by atoms with E-state index in [0.717, 1.165) is 21.9 Å². The summed E-state index contributed by atoms with van der Waals surface area (Å²) in [5.74, 6) is -1.34. The zero-order valence-electron chi connectivity index (χ0n) is 22.1. The minimum atomic E-state index is -4.12. The van der Waals surface area contributed by atoms with E-state index in [1.165, 1.54) is 41.3 Å². The van der Waals surface area contributed by atoms with Crippen LogP contribution in [0.1, 0.15) is 37.0 Å². The molecular formula is C29H34FN3O4S. The second-order valence-electron chi connectivity index (χ2n) is 9.28. The van der Waals surface area contributed by atoms with Gasteiger partial charge in [-0.15, -0.1) is 0 Å². The summed E-state index contributed by atoms with van der Waals surface area (Å²) in [7, 11) is -4.12. The lowest BCUT2D eigenvalue weighted by Gasteiger charge is -2.32. The van der Waals surface area contributed by atoms with Crippen LogP contribution in [-0.4, -0.2) is 44.3 Å². The van der Waals surface area contributed by atoms with Gasteiger partial charge in [0.05, 0.1) is 10.6 Å². The van der Waals surface area contributed by atoms with Crippen molar-refractivity contribution in [3.63, 3.8) is 0 Å². The Labute approximate surface area is 224 Å². The summed E-state index contributed by atoms with van der Waals surface area (Å²) in [5, 5.41) is 2.79. The third-order valence-corrected chi connectivity index (χ3v) is 7.95. The van der Waals surface area contributed by atoms with Crippen LogP contribution in [0.4, 0.5) is 10.1 Å². The molecule has 0 saturated carbocycles. The van der Waals surface area contributed by atoms with Crippen molar-refractivity contribution in [2.24, 2.45) is 0 Å². The van der Waals surface area contributed by atoms with Crippen molar-refractivity contribution < 1.29 is 22.4 Å². The van der Waals surface area contributed by atoms with Crippen LogP contribution in [0.25, 0.3) is 0 Å². The molecule has 3 aromatic carbocycles. The SMILES string of the molecule is CCCNC(=O)[C@@H](C)N(Cc1ccc(F)cc1)C(=O)CN(c1cccc(C)c1)S(=O)(=O)c1ccc(C)cc1. The summed E-state index contributed by atoms with van der Waals surface area (Å²) in [6.45, 7) is 7.14. The Morgan fingerprint density at radius 3 is 2.21 bits per heavy atom. The minimum Gasteiger partial charge on any atom is -0.354 e. The monoisotopic (exact) mass is 539 g/mol. The van der Waals surface area contributed by atoms with Gasteiger partial charge in [0.25, 0.3) is 10.0 Å². The smallest absolute Gasteiger partial charge is 0.264 e. The number of carbonyl (C=O) groups is 2. The Hall–Kier alpha value is -3.72. The van der Waals surface area contributed by atoms with Crippen LogP contribution in [0.2, 0.25) is 0 Å². The van der Waals surface area contributed by atoms with Gasteiger partial charge in [-0.25, -0.2) is 12.8 Å². The first kappa shape index (κ1) is 28.8. The lowest BCUT2D eigenvalue weighted by Crippen LogP contribution is -2.51. The van der Waals surface area contributed by atoms with Gasteiger partial charge in [-0.1, -0.05) is 48.9 Å². The first-order valence-corrected chi connectivity index (χ1v) is 13.9. The molecule has 0 aliphatic carbocycles. The van der Waals surface area contributed by atoms with Crippen LogP contribution < -0.4 is 9.62 Å². The predicted molar refractivity (Wildman–Crippen MR) is 147 cm³/mol. The third-order valence-electron chi connectivity index (χ3n) is 6.16. The summed E-state index contributed by atoms with van der Waals surface area (Å²) >= 11 is 0. The molecule has 0 radical (unpaired) electrons. The highest BCUT2D eigenvalue weighted by Crippen LogP contribution is 2.25. The first-order valence-electron chi connectivity index (χ1n) is 12.5. The fraction of sp³-hybridized carbons (Fsp3) is 0.310. The number of nitrogens with one attached hydrogen (secondary N) is 1. The number of anilines is 1. The summed E-state index contributed by atoms with van der Waals surface area (Å²) < 4.78 is 42.1. The van der Waals surface area contributed by atoms with Gasteiger partial charge in [0, 0.05) is 13.1 Å². The topological polar surface area (TPSA) is 86.8 Å². The predicted octanol–water partition coefficient (Wildman–Crippen LogP) is 4.58. The van der Waals surface area contributed by atoms with Crippen LogP contribution in [0.3, 0.4) is 0 Å². The highest BCUT2D eigenvalue weighted by Gasteiger charge is 2.32. The van der Waals surface area contributed by atoms with Crippen LogP contribution in [0.5, 0.6) is 0 Å². The molecule has 0 saturated heterocycles. The molecule has 2 amide bonds. The van der Waals surface area contributed by atoms with Crippen LogP contribution in [0.15, 0.2) is 77.7 Å². The van der Waals surface area contributed by atoms with E-state index in [0.29, 0.717) is 17.8 Å². The van der Waals surface area contributed by atoms with Gasteiger partial charge >= 0.3 is 0 Å². The molecule has 3 aromatic rings. The van der Waals surface area contributed by atoms with E-state index in [1.807, 2.05) is 26.8 Å². The Morgan fingerprint density at radius 1 is 0.947 bits per heavy atom. The van der Waals surface area contributed by atoms with E-state index in [4.69, 9.17) is 0 Å². The maximum absolute atomic E-state index is 13.8. The number of amides is 2. The fourth-order valence-corrected chi connectivity index (χ4v) is 5.32. The highest BCUT2D eigenvalue weighted by molar-refractivity contribution is 7.92. The average molecular weight is 540 g/mol. The first-order chi connectivity index (χ1) is 18.0. The second kappa shape index (κ2) is 12.7. The van der Waals surface area contributed by atoms with Crippen molar-refractivity contribution in [2.45, 2.75) is 51.6 Å². The molecule has 0 bridgehead atoms. The number of sulfonamides is 1. The maximum Gasteiger partial charge on any atom is 0.264 e. The van der Waals surface area contributed by atoms with Crippen LogP contribution >= 0.6 is 0 Å². The molecule has 0 fully saturated rings. The van der Waals surface area contributed by atoms with E-state index < -0.39 is 34.3 Å². The van der Waals surface area contributed by atoms with Crippen molar-refractivity contribution in [2.75, 3.05) is 17.4 Å². The zero-order valence-corrected chi connectivity index (χ0v) is 23.0. The summed E-state index contributed by atoms with van der Waals surface area (Å²) in [5.41, 5.74) is 2.68. The molecule has 1 atom stereocenters. The number of rotatable bonds is 11. The van der Waals surface area contributed by atoms with E-state index in [-0.39, 0.29) is 17.3 Å². The highest BCUT2D eigenvalue weighted by atomic mass is 32.2. The van der Waals surface area contributed by atoms with E-state index in [9.17, 15) is 22.4 Å². The Balaban J connectivity index is 2.01. The van der Waals surface area contributed by atoms with E-state index in [2.05, 4.69) is 5.32 Å². The Morgan fingerprint density at radius 2 is 1.61 bits per heavy atom. The van der Waals surface area contributed by atoms with E-state index >= 15 is 0 Å². The molecule has 0 aromatic heterocycles. The number of benzene rings is 3. The molecule has 0 aliphatic heterocycles. The van der Waals surface area contributed by atoms with Gasteiger partial charge in [-0.2, -0.15) is 0 Å². The molecule has 38 heavy (non-hydrogen) atoms. The normalized spacial score (nSPS) is 12.0. The lowest BCUT2D eigenvalue weighted by atomic mass is 10.1. The summed E-state index contributed by atoms with van der Waals surface area (Å²) in [6, 6.07) is 18.0. The number of hydrogen-bond acceptors (Lipinski definition) is 4. The Kier molecular flexibility index (Phi) is 9.63. The van der Waals surface area contributed by atoms with Gasteiger partial charge in [-0.3, -0.25) is 13.9 Å². The van der Waals surface area contributed by atoms with Crippen LogP contribution in [0, 0.1) is 19.7 Å². The third kappa shape index (κ3) is 7.19. The maximum atomic E-state index is 13.8. The molecule has 3 rings (SSSR count). The zero-order chi connectivity index (χ0) is 27.9. The fourth-order valence-electron chi connectivity index (χ4n) is 3.91. The Bertz CT molecular complexity index is 1360. The minimum absolute atomic E-state index is 0.00601. The molecule has 0 aliphatic rings. The molecule has 7 nitrogen and oxygen atoms in total. The largest absolute Gasteiger partial charge is 0.354 e. The number of nitrogens with zero attached hydrogens (tertiary/aromatic N) is 2. The van der Waals surface area contributed by atoms with Crippen molar-refractivity contribution in [1.82, 2.24) is 10.2 Å². The van der Waals surface area contributed by atoms with Crippen LogP contribution in [-0.2, 0) is 26.2 Å². The molecule has 0 unspecified atom stereocenters. The van der Waals surface area contributed by atoms with Crippen molar-refractivity contribution in [3.8, 4) is 0 Å². The van der Waals surface area contributed by atoms with Crippen molar-refractivity contribution >= 4 is 27.5 Å². The standard InChI is InChI=1S/C29H34FN3O4S/c1-5-17-31-29(35)23(4)32(19-24-11-13-25(30)14-12-24)28(34)20-33(26-8-6-7-22(3)18-26)38(36,37)27-15-9-21(2)10-16-27/h6-16,18,23H,5,17,19-20H2,1-4H3,(H,31,35)/t23-/m1/s1. The van der Waals surface area contributed by atoms with Gasteiger partial charge in [0.2, 0.25) is 11.8 Å². The summed E-state index contributed by atoms with van der Waals surface area (Å²) in [4.78, 5) is 28.0. The molecule has 0 spiro atoms. The van der Waals surface area contributed by atoms with Crippen molar-refractivity contribution in [3.05, 3.63) is 95.3 Å². The average Bonchev–Trinajstić information content (AvgIpc) is 2.89. The number of halogens is 1. The van der Waals surface area contributed by atoms with Gasteiger partial charge in [-0.05, 0) is 74.7 Å².